The number of hydrogen-bond acceptors (Lipinski definition) is 2. The molecule has 0 amide bonds. The zero-order valence-corrected chi connectivity index (χ0v) is 7.40. The first kappa shape index (κ1) is 8.28. The van der Waals surface area contributed by atoms with Crippen molar-refractivity contribution in [1.82, 2.24) is 0 Å². The number of rotatable bonds is 2. The lowest BCUT2D eigenvalue weighted by atomic mass is 9.92. The van der Waals surface area contributed by atoms with Crippen LogP contribution in [0.5, 0.6) is 0 Å². The van der Waals surface area contributed by atoms with Gasteiger partial charge in [0.05, 0.1) is 11.5 Å². The first-order valence-corrected chi connectivity index (χ1v) is 4.50. The minimum atomic E-state index is -0.263. The van der Waals surface area contributed by atoms with Gasteiger partial charge in [-0.3, -0.25) is 0 Å². The molecule has 0 bridgehead atoms. The van der Waals surface area contributed by atoms with E-state index in [0.29, 0.717) is 0 Å². The molecule has 2 rings (SSSR count). The average molecular weight is 172 g/mol. The van der Waals surface area contributed by atoms with Crippen molar-refractivity contribution in [3.8, 4) is 6.07 Å². The minimum Gasteiger partial charge on any atom is -0.323 e. The lowest BCUT2D eigenvalue weighted by molar-refractivity contribution is 0.519. The highest BCUT2D eigenvalue weighted by Crippen LogP contribution is 2.53. The van der Waals surface area contributed by atoms with E-state index >= 15 is 0 Å². The number of nitrogens with two attached hydrogens (primary N) is 1. The molecule has 0 spiro atoms. The summed E-state index contributed by atoms with van der Waals surface area (Å²) < 4.78 is 0. The topological polar surface area (TPSA) is 49.8 Å². The predicted molar refractivity (Wildman–Crippen MR) is 50.7 cm³/mol. The van der Waals surface area contributed by atoms with Gasteiger partial charge < -0.3 is 5.73 Å². The molecule has 2 N–H and O–H groups in total. The van der Waals surface area contributed by atoms with E-state index in [4.69, 9.17) is 11.0 Å². The molecule has 1 atom stereocenters. The molecular formula is C11H12N2. The van der Waals surface area contributed by atoms with Gasteiger partial charge in [-0.25, -0.2) is 0 Å². The summed E-state index contributed by atoms with van der Waals surface area (Å²) in [5.74, 6) is 0. The number of nitrogens with zero attached hydrogens (tertiary/aromatic N) is 1. The Kier molecular flexibility index (Phi) is 1.82. The highest BCUT2D eigenvalue weighted by molar-refractivity contribution is 5.28. The Bertz CT molecular complexity index is 333. The van der Waals surface area contributed by atoms with Crippen molar-refractivity contribution in [2.24, 2.45) is 11.1 Å². The van der Waals surface area contributed by atoms with Crippen LogP contribution in [0.4, 0.5) is 0 Å². The van der Waals surface area contributed by atoms with E-state index in [1.807, 2.05) is 30.3 Å². The lowest BCUT2D eigenvalue weighted by Crippen LogP contribution is -2.21. The normalized spacial score (nSPS) is 20.3. The molecule has 0 heterocycles. The van der Waals surface area contributed by atoms with Crippen LogP contribution in [0.2, 0.25) is 0 Å². The SMILES string of the molecule is N#CC1(C(N)c2ccccc2)CC1. The summed E-state index contributed by atoms with van der Waals surface area (Å²) in [4.78, 5) is 0. The first-order chi connectivity index (χ1) is 6.28. The van der Waals surface area contributed by atoms with Crippen LogP contribution in [0, 0.1) is 16.7 Å². The Morgan fingerprint density at radius 2 is 1.92 bits per heavy atom. The van der Waals surface area contributed by atoms with Gasteiger partial charge in [-0.15, -0.1) is 0 Å². The standard InChI is InChI=1S/C11H12N2/c12-8-11(6-7-11)10(13)9-4-2-1-3-5-9/h1-5,10H,6-7,13H2. The first-order valence-electron chi connectivity index (χ1n) is 4.50. The number of benzene rings is 1. The zero-order chi connectivity index (χ0) is 9.31. The third kappa shape index (κ3) is 1.32. The molecular weight excluding hydrogens is 160 g/mol. The minimum absolute atomic E-state index is 0.112. The van der Waals surface area contributed by atoms with Crippen molar-refractivity contribution in [3.63, 3.8) is 0 Å². The molecule has 0 aromatic heterocycles. The van der Waals surface area contributed by atoms with Crippen LogP contribution in [0.3, 0.4) is 0 Å². The maximum absolute atomic E-state index is 8.96. The zero-order valence-electron chi connectivity index (χ0n) is 7.40. The summed E-state index contributed by atoms with van der Waals surface area (Å²) in [6.07, 6.45) is 1.89. The van der Waals surface area contributed by atoms with E-state index < -0.39 is 0 Å². The maximum Gasteiger partial charge on any atom is 0.0767 e. The second-order valence-electron chi connectivity index (χ2n) is 3.66. The van der Waals surface area contributed by atoms with Crippen LogP contribution >= 0.6 is 0 Å². The van der Waals surface area contributed by atoms with E-state index in [1.54, 1.807) is 0 Å². The van der Waals surface area contributed by atoms with Crippen LogP contribution in [-0.2, 0) is 0 Å². The molecule has 66 valence electrons. The van der Waals surface area contributed by atoms with E-state index in [-0.39, 0.29) is 11.5 Å². The average Bonchev–Trinajstić information content (AvgIpc) is 2.99. The van der Waals surface area contributed by atoms with Gasteiger partial charge >= 0.3 is 0 Å². The van der Waals surface area contributed by atoms with Crippen LogP contribution in [0.15, 0.2) is 30.3 Å². The monoisotopic (exact) mass is 172 g/mol. The second kappa shape index (κ2) is 2.86. The van der Waals surface area contributed by atoms with Crippen LogP contribution < -0.4 is 5.73 Å². The molecule has 1 aliphatic carbocycles. The van der Waals surface area contributed by atoms with Gasteiger partial charge in [0.1, 0.15) is 0 Å². The summed E-state index contributed by atoms with van der Waals surface area (Å²) in [5.41, 5.74) is 6.83. The van der Waals surface area contributed by atoms with Crippen LogP contribution in [0.25, 0.3) is 0 Å². The molecule has 2 heteroatoms. The Morgan fingerprint density at radius 1 is 1.31 bits per heavy atom. The molecule has 1 aromatic carbocycles. The molecule has 1 fully saturated rings. The molecule has 1 saturated carbocycles. The summed E-state index contributed by atoms with van der Waals surface area (Å²) in [5, 5.41) is 8.96. The Morgan fingerprint density at radius 3 is 2.38 bits per heavy atom. The second-order valence-corrected chi connectivity index (χ2v) is 3.66. The largest absolute Gasteiger partial charge is 0.323 e. The molecule has 1 unspecified atom stereocenters. The van der Waals surface area contributed by atoms with Crippen LogP contribution in [-0.4, -0.2) is 0 Å². The van der Waals surface area contributed by atoms with Crippen molar-refractivity contribution < 1.29 is 0 Å². The van der Waals surface area contributed by atoms with Gasteiger partial charge in [0.15, 0.2) is 0 Å². The lowest BCUT2D eigenvalue weighted by Gasteiger charge is -2.16. The fourth-order valence-electron chi connectivity index (χ4n) is 1.61. The molecule has 0 saturated heterocycles. The highest BCUT2D eigenvalue weighted by atomic mass is 14.7. The van der Waals surface area contributed by atoms with Crippen molar-refractivity contribution in [2.75, 3.05) is 0 Å². The fourth-order valence-corrected chi connectivity index (χ4v) is 1.61. The molecule has 0 aliphatic heterocycles. The van der Waals surface area contributed by atoms with Gasteiger partial charge in [0.25, 0.3) is 0 Å². The van der Waals surface area contributed by atoms with Crippen LogP contribution in [0.1, 0.15) is 24.4 Å². The fraction of sp³-hybridized carbons (Fsp3) is 0.364. The van der Waals surface area contributed by atoms with Crippen molar-refractivity contribution in [3.05, 3.63) is 35.9 Å². The molecule has 1 aromatic rings. The van der Waals surface area contributed by atoms with Crippen molar-refractivity contribution in [1.29, 1.82) is 5.26 Å². The quantitative estimate of drug-likeness (QED) is 0.741. The van der Waals surface area contributed by atoms with Crippen molar-refractivity contribution in [2.45, 2.75) is 18.9 Å². The summed E-state index contributed by atoms with van der Waals surface area (Å²) in [6, 6.07) is 12.1. The Balaban J connectivity index is 2.24. The summed E-state index contributed by atoms with van der Waals surface area (Å²) >= 11 is 0. The maximum atomic E-state index is 8.96. The van der Waals surface area contributed by atoms with Gasteiger partial charge in [-0.1, -0.05) is 30.3 Å². The summed E-state index contributed by atoms with van der Waals surface area (Å²) in [6.45, 7) is 0. The van der Waals surface area contributed by atoms with Gasteiger partial charge in [0, 0.05) is 6.04 Å². The van der Waals surface area contributed by atoms with Gasteiger partial charge in [-0.2, -0.15) is 5.26 Å². The third-order valence-corrected chi connectivity index (χ3v) is 2.77. The Hall–Kier alpha value is -1.33. The van der Waals surface area contributed by atoms with E-state index in [0.717, 1.165) is 18.4 Å². The predicted octanol–water partition coefficient (Wildman–Crippen LogP) is 1.99. The third-order valence-electron chi connectivity index (χ3n) is 2.77. The molecule has 1 aliphatic rings. The van der Waals surface area contributed by atoms with E-state index in [1.165, 1.54) is 0 Å². The smallest absolute Gasteiger partial charge is 0.0767 e. The van der Waals surface area contributed by atoms with Gasteiger partial charge in [0.2, 0.25) is 0 Å². The molecule has 0 radical (unpaired) electrons. The van der Waals surface area contributed by atoms with Crippen molar-refractivity contribution >= 4 is 0 Å². The summed E-state index contributed by atoms with van der Waals surface area (Å²) in [7, 11) is 0. The molecule has 2 nitrogen and oxygen atoms in total. The number of hydrogen-bond donors (Lipinski definition) is 1. The van der Waals surface area contributed by atoms with E-state index in [2.05, 4.69) is 6.07 Å². The van der Waals surface area contributed by atoms with E-state index in [9.17, 15) is 0 Å². The highest BCUT2D eigenvalue weighted by Gasteiger charge is 2.49. The molecule has 13 heavy (non-hydrogen) atoms. The van der Waals surface area contributed by atoms with Gasteiger partial charge in [-0.05, 0) is 18.4 Å². The Labute approximate surface area is 78.0 Å². The number of nitriles is 1.